The van der Waals surface area contributed by atoms with Crippen molar-refractivity contribution >= 4 is 32.3 Å². The Morgan fingerprint density at radius 1 is 0.906 bits per heavy atom. The van der Waals surface area contributed by atoms with E-state index in [1.54, 1.807) is 24.3 Å². The van der Waals surface area contributed by atoms with Crippen molar-refractivity contribution in [1.82, 2.24) is 4.57 Å². The number of nitrogens with zero attached hydrogens (tertiary/aromatic N) is 1. The summed E-state index contributed by atoms with van der Waals surface area (Å²) in [5.74, 6) is -3.26. The molecule has 4 aromatic rings. The molecule has 0 fully saturated rings. The van der Waals surface area contributed by atoms with E-state index >= 15 is 0 Å². The second-order valence-corrected chi connectivity index (χ2v) is 9.16. The maximum atomic E-state index is 13.8. The monoisotopic (exact) mass is 458 g/mol. The van der Waals surface area contributed by atoms with Crippen LogP contribution in [-0.4, -0.2) is 18.9 Å². The Morgan fingerprint density at radius 2 is 1.66 bits per heavy atom. The Labute approximate surface area is 182 Å². The molecule has 9 heteroatoms. The summed E-state index contributed by atoms with van der Waals surface area (Å²) >= 11 is 0. The average molecular weight is 458 g/mol. The third-order valence-electron chi connectivity index (χ3n) is 4.85. The molecule has 0 atom stereocenters. The van der Waals surface area contributed by atoms with Gasteiger partial charge in [-0.15, -0.1) is 0 Å². The smallest absolute Gasteiger partial charge is 0.244 e. The maximum absolute atomic E-state index is 13.8. The molecule has 1 heterocycles. The molecule has 164 valence electrons. The Kier molecular flexibility index (Phi) is 5.75. The standard InChI is InChI=1S/C23H17F3N2O3S/c24-16-5-3-4-15(10-16)14-32(30,31)22-12-28(21-7-2-1-6-18(21)22)13-23(29)27-20-9-8-17(25)11-19(20)26/h1-12H,13-14H2,(H,27,29). The average Bonchev–Trinajstić information content (AvgIpc) is 3.09. The Bertz CT molecular complexity index is 1430. The molecular weight excluding hydrogens is 441 g/mol. The number of amides is 1. The SMILES string of the molecule is O=C(Cn1cc(S(=O)(=O)Cc2cccc(F)c2)c2ccccc21)Nc1ccc(F)cc1F. The molecule has 0 spiro atoms. The van der Waals surface area contributed by atoms with Crippen LogP contribution in [0.25, 0.3) is 10.9 Å². The van der Waals surface area contributed by atoms with E-state index < -0.39 is 38.9 Å². The summed E-state index contributed by atoms with van der Waals surface area (Å²) in [4.78, 5) is 12.5. The van der Waals surface area contributed by atoms with Gasteiger partial charge in [0.15, 0.2) is 9.84 Å². The predicted molar refractivity (Wildman–Crippen MR) is 114 cm³/mol. The van der Waals surface area contributed by atoms with E-state index in [4.69, 9.17) is 0 Å². The summed E-state index contributed by atoms with van der Waals surface area (Å²) in [6, 6.07) is 14.7. The largest absolute Gasteiger partial charge is 0.337 e. The van der Waals surface area contributed by atoms with Gasteiger partial charge in [0.25, 0.3) is 0 Å². The lowest BCUT2D eigenvalue weighted by atomic mass is 10.2. The fraction of sp³-hybridized carbons (Fsp3) is 0.0870. The third-order valence-corrected chi connectivity index (χ3v) is 6.56. The number of rotatable bonds is 6. The van der Waals surface area contributed by atoms with Gasteiger partial charge in [-0.3, -0.25) is 4.79 Å². The lowest BCUT2D eigenvalue weighted by Gasteiger charge is -2.08. The highest BCUT2D eigenvalue weighted by atomic mass is 32.2. The lowest BCUT2D eigenvalue weighted by Crippen LogP contribution is -2.19. The van der Waals surface area contributed by atoms with Gasteiger partial charge in [-0.05, 0) is 35.9 Å². The first kappa shape index (κ1) is 21.6. The number of carbonyl (C=O) groups is 1. The molecule has 0 bridgehead atoms. The zero-order valence-corrected chi connectivity index (χ0v) is 17.4. The molecular formula is C23H17F3N2O3S. The molecule has 5 nitrogen and oxygen atoms in total. The molecule has 3 aromatic carbocycles. The van der Waals surface area contributed by atoms with Gasteiger partial charge in [0.2, 0.25) is 5.91 Å². The second kappa shape index (κ2) is 8.51. The molecule has 0 aliphatic carbocycles. The molecule has 0 saturated carbocycles. The van der Waals surface area contributed by atoms with Crippen molar-refractivity contribution in [2.75, 3.05) is 5.32 Å². The lowest BCUT2D eigenvalue weighted by molar-refractivity contribution is -0.116. The van der Waals surface area contributed by atoms with Crippen molar-refractivity contribution in [1.29, 1.82) is 0 Å². The van der Waals surface area contributed by atoms with Gasteiger partial charge in [-0.2, -0.15) is 0 Å². The van der Waals surface area contributed by atoms with Crippen molar-refractivity contribution in [2.45, 2.75) is 17.2 Å². The van der Waals surface area contributed by atoms with Gasteiger partial charge in [0, 0.05) is 23.2 Å². The first-order chi connectivity index (χ1) is 15.2. The number of halogens is 3. The Morgan fingerprint density at radius 3 is 2.41 bits per heavy atom. The number of para-hydroxylation sites is 1. The number of hydrogen-bond acceptors (Lipinski definition) is 3. The molecule has 1 N–H and O–H groups in total. The van der Waals surface area contributed by atoms with Crippen molar-refractivity contribution in [2.24, 2.45) is 0 Å². The maximum Gasteiger partial charge on any atom is 0.244 e. The molecule has 0 aliphatic heterocycles. The van der Waals surface area contributed by atoms with Crippen LogP contribution < -0.4 is 5.32 Å². The van der Waals surface area contributed by atoms with Crippen LogP contribution in [0.3, 0.4) is 0 Å². The zero-order chi connectivity index (χ0) is 22.9. The minimum atomic E-state index is -3.86. The van der Waals surface area contributed by atoms with Crippen LogP contribution in [0.1, 0.15) is 5.56 Å². The second-order valence-electron chi connectivity index (χ2n) is 7.20. The minimum Gasteiger partial charge on any atom is -0.337 e. The predicted octanol–water partition coefficient (Wildman–Crippen LogP) is 4.67. The molecule has 1 aromatic heterocycles. The summed E-state index contributed by atoms with van der Waals surface area (Å²) in [5, 5.41) is 2.76. The number of carbonyl (C=O) groups excluding carboxylic acids is 1. The van der Waals surface area contributed by atoms with E-state index in [-0.39, 0.29) is 17.1 Å². The van der Waals surface area contributed by atoms with Crippen LogP contribution >= 0.6 is 0 Å². The van der Waals surface area contributed by atoms with E-state index in [9.17, 15) is 26.4 Å². The number of anilines is 1. The van der Waals surface area contributed by atoms with Crippen molar-refractivity contribution in [3.05, 3.63) is 95.9 Å². The third kappa shape index (κ3) is 4.52. The molecule has 32 heavy (non-hydrogen) atoms. The summed E-state index contributed by atoms with van der Waals surface area (Å²) in [6.45, 7) is -0.299. The van der Waals surface area contributed by atoms with Gasteiger partial charge < -0.3 is 9.88 Å². The topological polar surface area (TPSA) is 68.2 Å². The van der Waals surface area contributed by atoms with Crippen LogP contribution in [0.5, 0.6) is 0 Å². The fourth-order valence-electron chi connectivity index (χ4n) is 3.45. The number of sulfone groups is 1. The normalized spacial score (nSPS) is 11.6. The van der Waals surface area contributed by atoms with E-state index in [0.29, 0.717) is 22.5 Å². The zero-order valence-electron chi connectivity index (χ0n) is 16.6. The van der Waals surface area contributed by atoms with Gasteiger partial charge in [0.05, 0.1) is 16.3 Å². The van der Waals surface area contributed by atoms with Gasteiger partial charge in [-0.1, -0.05) is 30.3 Å². The Hall–Kier alpha value is -3.59. The quantitative estimate of drug-likeness (QED) is 0.457. The highest BCUT2D eigenvalue weighted by Gasteiger charge is 2.23. The summed E-state index contributed by atoms with van der Waals surface area (Å²) in [7, 11) is -3.86. The molecule has 1 amide bonds. The van der Waals surface area contributed by atoms with E-state index in [1.165, 1.54) is 29.0 Å². The van der Waals surface area contributed by atoms with Gasteiger partial charge >= 0.3 is 0 Å². The van der Waals surface area contributed by atoms with Crippen LogP contribution in [0.15, 0.2) is 77.8 Å². The van der Waals surface area contributed by atoms with Crippen LogP contribution in [0, 0.1) is 17.5 Å². The first-order valence-corrected chi connectivity index (χ1v) is 11.2. The van der Waals surface area contributed by atoms with E-state index in [2.05, 4.69) is 5.32 Å². The fourth-order valence-corrected chi connectivity index (χ4v) is 5.02. The number of nitrogens with one attached hydrogen (secondary N) is 1. The van der Waals surface area contributed by atoms with Crippen molar-refractivity contribution in [3.8, 4) is 0 Å². The minimum absolute atomic E-state index is 0.00174. The first-order valence-electron chi connectivity index (χ1n) is 9.53. The summed E-state index contributed by atoms with van der Waals surface area (Å²) < 4.78 is 68.0. The molecule has 0 unspecified atom stereocenters. The number of fused-ring (bicyclic) bond motifs is 1. The van der Waals surface area contributed by atoms with Crippen molar-refractivity contribution in [3.63, 3.8) is 0 Å². The number of hydrogen-bond donors (Lipinski definition) is 1. The summed E-state index contributed by atoms with van der Waals surface area (Å²) in [5.41, 5.74) is 0.596. The van der Waals surface area contributed by atoms with Crippen LogP contribution in [-0.2, 0) is 26.9 Å². The van der Waals surface area contributed by atoms with E-state index in [0.717, 1.165) is 18.2 Å². The molecule has 0 saturated heterocycles. The van der Waals surface area contributed by atoms with Gasteiger partial charge in [-0.25, -0.2) is 21.6 Å². The highest BCUT2D eigenvalue weighted by Crippen LogP contribution is 2.28. The van der Waals surface area contributed by atoms with Gasteiger partial charge in [0.1, 0.15) is 24.0 Å². The summed E-state index contributed by atoms with van der Waals surface area (Å²) in [6.07, 6.45) is 1.33. The molecule has 0 aliphatic rings. The molecule has 0 radical (unpaired) electrons. The van der Waals surface area contributed by atoms with Crippen LogP contribution in [0.4, 0.5) is 18.9 Å². The number of benzene rings is 3. The van der Waals surface area contributed by atoms with Crippen LogP contribution in [0.2, 0.25) is 0 Å². The molecule has 4 rings (SSSR count). The Balaban J connectivity index is 1.64. The van der Waals surface area contributed by atoms with E-state index in [1.807, 2.05) is 0 Å². The highest BCUT2D eigenvalue weighted by molar-refractivity contribution is 7.90. The number of aromatic nitrogens is 1. The van der Waals surface area contributed by atoms with Crippen molar-refractivity contribution < 1.29 is 26.4 Å².